The summed E-state index contributed by atoms with van der Waals surface area (Å²) < 4.78 is 11.0. The first-order valence-electron chi connectivity index (χ1n) is 10.9. The molecule has 1 aromatic heterocycles. The Hall–Kier alpha value is -2.68. The minimum Gasteiger partial charge on any atom is -0.477 e. The number of aromatic nitrogens is 1. The fourth-order valence-electron chi connectivity index (χ4n) is 4.00. The molecule has 1 amide bonds. The highest BCUT2D eigenvalue weighted by Crippen LogP contribution is 2.23. The number of nitrogens with zero attached hydrogens (tertiary/aromatic N) is 2. The number of hydrogen-bond donors (Lipinski definition) is 3. The van der Waals surface area contributed by atoms with Crippen molar-refractivity contribution in [1.82, 2.24) is 15.6 Å². The lowest BCUT2D eigenvalue weighted by Gasteiger charge is -2.30. The van der Waals surface area contributed by atoms with E-state index in [0.29, 0.717) is 37.8 Å². The van der Waals surface area contributed by atoms with Crippen LogP contribution in [-0.2, 0) is 17.7 Å². The van der Waals surface area contributed by atoms with E-state index in [0.717, 1.165) is 25.3 Å². The van der Waals surface area contributed by atoms with Crippen molar-refractivity contribution in [3.8, 4) is 5.88 Å². The monoisotopic (exact) mass is 426 g/mol. The summed E-state index contributed by atoms with van der Waals surface area (Å²) in [5.41, 5.74) is 2.86. The summed E-state index contributed by atoms with van der Waals surface area (Å²) in [6.07, 6.45) is 0.0288. The third-order valence-corrected chi connectivity index (χ3v) is 5.76. The molecule has 0 bridgehead atoms. The molecule has 1 unspecified atom stereocenters. The lowest BCUT2D eigenvalue weighted by Crippen LogP contribution is -2.49. The van der Waals surface area contributed by atoms with E-state index in [9.17, 15) is 9.90 Å². The predicted molar refractivity (Wildman–Crippen MR) is 118 cm³/mol. The van der Waals surface area contributed by atoms with Crippen molar-refractivity contribution in [2.75, 3.05) is 44.4 Å². The van der Waals surface area contributed by atoms with E-state index in [1.807, 2.05) is 25.1 Å². The first-order chi connectivity index (χ1) is 15.2. The second-order valence-electron chi connectivity index (χ2n) is 7.79. The molecule has 0 radical (unpaired) electrons. The summed E-state index contributed by atoms with van der Waals surface area (Å²) in [4.78, 5) is 19.5. The average molecular weight is 427 g/mol. The molecular formula is C23H30N4O4. The Bertz CT molecular complexity index is 901. The number of nitrogens with one attached hydrogen (secondary N) is 2. The van der Waals surface area contributed by atoms with Crippen LogP contribution >= 0.6 is 0 Å². The number of anilines is 1. The number of hydrogen-bond acceptors (Lipinski definition) is 7. The summed E-state index contributed by atoms with van der Waals surface area (Å²) in [5.74, 6) is 0.774. The molecule has 1 saturated heterocycles. The highest BCUT2D eigenvalue weighted by atomic mass is 16.5. The number of carbonyl (C=O) groups is 1. The van der Waals surface area contributed by atoms with Gasteiger partial charge in [-0.1, -0.05) is 24.3 Å². The maximum Gasteiger partial charge on any atom is 0.256 e. The van der Waals surface area contributed by atoms with Gasteiger partial charge < -0.3 is 30.1 Å². The normalized spacial score (nSPS) is 19.4. The summed E-state index contributed by atoms with van der Waals surface area (Å²) in [6, 6.07) is 11.7. The lowest BCUT2D eigenvalue weighted by atomic mass is 9.93. The van der Waals surface area contributed by atoms with Crippen LogP contribution in [0, 0.1) is 0 Å². The number of fused-ring (bicyclic) bond motifs is 1. The van der Waals surface area contributed by atoms with Crippen LogP contribution in [0.5, 0.6) is 5.88 Å². The number of benzene rings is 1. The zero-order valence-electron chi connectivity index (χ0n) is 17.8. The van der Waals surface area contributed by atoms with Crippen molar-refractivity contribution >= 4 is 11.7 Å². The van der Waals surface area contributed by atoms with Crippen LogP contribution in [0.3, 0.4) is 0 Å². The van der Waals surface area contributed by atoms with Gasteiger partial charge in [0.05, 0.1) is 25.9 Å². The standard InChI is InChI=1S/C23H30N4O4/c1-2-31-23-18(7-8-21(26-23)27-9-11-30-12-10-27)22(29)25-15-20(28)19-13-16-5-3-4-6-17(16)14-24-19/h3-8,19-20,24,28H,2,9-15H2,1H3,(H,25,29)/t19-,20?/m0/s1. The van der Waals surface area contributed by atoms with Gasteiger partial charge in [0.2, 0.25) is 5.88 Å². The highest BCUT2D eigenvalue weighted by molar-refractivity contribution is 5.96. The zero-order valence-corrected chi connectivity index (χ0v) is 17.8. The maximum atomic E-state index is 12.8. The van der Waals surface area contributed by atoms with Gasteiger partial charge in [0.1, 0.15) is 11.4 Å². The minimum atomic E-state index is -0.701. The number of morpholine rings is 1. The van der Waals surface area contributed by atoms with Crippen molar-refractivity contribution < 1.29 is 19.4 Å². The molecule has 3 N–H and O–H groups in total. The maximum absolute atomic E-state index is 12.8. The van der Waals surface area contributed by atoms with Crippen LogP contribution in [0.1, 0.15) is 28.4 Å². The molecular weight excluding hydrogens is 396 g/mol. The Morgan fingerprint density at radius 3 is 2.84 bits per heavy atom. The quantitative estimate of drug-likeness (QED) is 0.611. The van der Waals surface area contributed by atoms with Gasteiger partial charge in [0, 0.05) is 32.2 Å². The number of rotatable bonds is 7. The van der Waals surface area contributed by atoms with E-state index in [-0.39, 0.29) is 18.5 Å². The summed E-state index contributed by atoms with van der Waals surface area (Å²) >= 11 is 0. The van der Waals surface area contributed by atoms with Crippen molar-refractivity contribution in [1.29, 1.82) is 0 Å². The third-order valence-electron chi connectivity index (χ3n) is 5.76. The van der Waals surface area contributed by atoms with Gasteiger partial charge in [-0.3, -0.25) is 4.79 Å². The van der Waals surface area contributed by atoms with Crippen LogP contribution in [0.4, 0.5) is 5.82 Å². The largest absolute Gasteiger partial charge is 0.477 e. The van der Waals surface area contributed by atoms with E-state index in [1.54, 1.807) is 6.07 Å². The van der Waals surface area contributed by atoms with Crippen LogP contribution in [0.15, 0.2) is 36.4 Å². The molecule has 0 aliphatic carbocycles. The van der Waals surface area contributed by atoms with E-state index in [4.69, 9.17) is 9.47 Å². The fraction of sp³-hybridized carbons (Fsp3) is 0.478. The molecule has 1 aromatic carbocycles. The van der Waals surface area contributed by atoms with E-state index < -0.39 is 6.10 Å². The number of pyridine rings is 1. The van der Waals surface area contributed by atoms with E-state index >= 15 is 0 Å². The number of carbonyl (C=O) groups excluding carboxylic acids is 1. The van der Waals surface area contributed by atoms with Crippen LogP contribution in [-0.4, -0.2) is 67.6 Å². The molecule has 31 heavy (non-hydrogen) atoms. The Balaban J connectivity index is 1.38. The number of ether oxygens (including phenoxy) is 2. The SMILES string of the molecule is CCOc1nc(N2CCOCC2)ccc1C(=O)NCC(O)[C@@H]1Cc2ccccc2CN1. The molecule has 3 heterocycles. The summed E-state index contributed by atoms with van der Waals surface area (Å²) in [7, 11) is 0. The van der Waals surface area contributed by atoms with Crippen molar-refractivity contribution in [3.63, 3.8) is 0 Å². The zero-order chi connectivity index (χ0) is 21.6. The molecule has 8 heteroatoms. The molecule has 2 aliphatic rings. The second-order valence-corrected chi connectivity index (χ2v) is 7.79. The molecule has 2 atom stereocenters. The molecule has 4 rings (SSSR count). The summed E-state index contributed by atoms with van der Waals surface area (Å²) in [6.45, 7) is 5.97. The first-order valence-corrected chi connectivity index (χ1v) is 10.9. The third kappa shape index (κ3) is 5.15. The molecule has 1 fully saturated rings. The Morgan fingerprint density at radius 1 is 1.29 bits per heavy atom. The van der Waals surface area contributed by atoms with Crippen LogP contribution < -0.4 is 20.3 Å². The average Bonchev–Trinajstić information content (AvgIpc) is 2.82. The van der Waals surface area contributed by atoms with Gasteiger partial charge in [-0.05, 0) is 36.6 Å². The van der Waals surface area contributed by atoms with Gasteiger partial charge in [0.25, 0.3) is 5.91 Å². The predicted octanol–water partition coefficient (Wildman–Crippen LogP) is 1.12. The van der Waals surface area contributed by atoms with E-state index in [2.05, 4.69) is 32.7 Å². The Morgan fingerprint density at radius 2 is 2.06 bits per heavy atom. The van der Waals surface area contributed by atoms with Crippen LogP contribution in [0.2, 0.25) is 0 Å². The molecule has 0 spiro atoms. The summed E-state index contributed by atoms with van der Waals surface area (Å²) in [5, 5.41) is 16.8. The number of amides is 1. The first kappa shape index (κ1) is 21.5. The van der Waals surface area contributed by atoms with Gasteiger partial charge in [-0.2, -0.15) is 4.98 Å². The number of aliphatic hydroxyl groups excluding tert-OH is 1. The molecule has 2 aromatic rings. The van der Waals surface area contributed by atoms with Crippen LogP contribution in [0.25, 0.3) is 0 Å². The smallest absolute Gasteiger partial charge is 0.256 e. The van der Waals surface area contributed by atoms with Gasteiger partial charge >= 0.3 is 0 Å². The fourth-order valence-corrected chi connectivity index (χ4v) is 4.00. The highest BCUT2D eigenvalue weighted by Gasteiger charge is 2.25. The Labute approximate surface area is 182 Å². The molecule has 166 valence electrons. The molecule has 8 nitrogen and oxygen atoms in total. The number of aliphatic hydroxyl groups is 1. The molecule has 2 aliphatic heterocycles. The lowest BCUT2D eigenvalue weighted by molar-refractivity contribution is 0.0865. The second kappa shape index (κ2) is 10.1. The van der Waals surface area contributed by atoms with Gasteiger partial charge in [-0.15, -0.1) is 0 Å². The van der Waals surface area contributed by atoms with Crippen molar-refractivity contribution in [2.24, 2.45) is 0 Å². The van der Waals surface area contributed by atoms with Gasteiger partial charge in [0.15, 0.2) is 0 Å². The van der Waals surface area contributed by atoms with Crippen molar-refractivity contribution in [2.45, 2.75) is 32.0 Å². The Kier molecular flexibility index (Phi) is 7.01. The minimum absolute atomic E-state index is 0.108. The topological polar surface area (TPSA) is 96.0 Å². The van der Waals surface area contributed by atoms with Gasteiger partial charge in [-0.25, -0.2) is 0 Å². The molecule has 0 saturated carbocycles. The van der Waals surface area contributed by atoms with E-state index in [1.165, 1.54) is 11.1 Å². The van der Waals surface area contributed by atoms with Crippen molar-refractivity contribution in [3.05, 3.63) is 53.1 Å².